The van der Waals surface area contributed by atoms with Crippen molar-refractivity contribution < 1.29 is 9.53 Å². The lowest BCUT2D eigenvalue weighted by Gasteiger charge is -2.05. The average molecular weight is 337 g/mol. The number of allylic oxidation sites excluding steroid dienone is 3. The molecule has 0 heterocycles. The van der Waals surface area contributed by atoms with Crippen molar-refractivity contribution in [3.05, 3.63) is 23.3 Å². The number of rotatable bonds is 14. The molecule has 2 heteroatoms. The molecule has 0 rings (SSSR count). The Morgan fingerprint density at radius 2 is 1.50 bits per heavy atom. The molecule has 24 heavy (non-hydrogen) atoms. The molecule has 0 aromatic heterocycles. The molecule has 2 nitrogen and oxygen atoms in total. The van der Waals surface area contributed by atoms with Crippen LogP contribution in [0, 0.1) is 5.92 Å². The van der Waals surface area contributed by atoms with Crippen LogP contribution in [0.2, 0.25) is 0 Å². The van der Waals surface area contributed by atoms with E-state index in [-0.39, 0.29) is 5.97 Å². The molecule has 0 fully saturated rings. The lowest BCUT2D eigenvalue weighted by atomic mass is 10.0. The van der Waals surface area contributed by atoms with Crippen molar-refractivity contribution in [2.24, 2.45) is 5.92 Å². The van der Waals surface area contributed by atoms with Crippen LogP contribution < -0.4 is 0 Å². The zero-order valence-corrected chi connectivity index (χ0v) is 16.8. The van der Waals surface area contributed by atoms with Crippen LogP contribution in [-0.4, -0.2) is 12.6 Å². The van der Waals surface area contributed by atoms with E-state index < -0.39 is 0 Å². The van der Waals surface area contributed by atoms with E-state index in [1.807, 2.05) is 6.08 Å². The third-order valence-corrected chi connectivity index (χ3v) is 4.18. The van der Waals surface area contributed by atoms with E-state index in [9.17, 15) is 4.79 Å². The Morgan fingerprint density at radius 1 is 0.875 bits per heavy atom. The van der Waals surface area contributed by atoms with E-state index in [1.54, 1.807) is 0 Å². The van der Waals surface area contributed by atoms with E-state index >= 15 is 0 Å². The maximum Gasteiger partial charge on any atom is 0.306 e. The zero-order valence-electron chi connectivity index (χ0n) is 16.8. The summed E-state index contributed by atoms with van der Waals surface area (Å²) in [6, 6.07) is 0. The largest absolute Gasteiger partial charge is 0.461 e. The van der Waals surface area contributed by atoms with Gasteiger partial charge in [-0.25, -0.2) is 0 Å². The molecule has 140 valence electrons. The molecule has 0 amide bonds. The van der Waals surface area contributed by atoms with Gasteiger partial charge in [0, 0.05) is 6.42 Å². The predicted molar refractivity (Wildman–Crippen MR) is 105 cm³/mol. The van der Waals surface area contributed by atoms with Crippen molar-refractivity contribution in [2.45, 2.75) is 98.8 Å². The Labute approximate surface area is 150 Å². The number of esters is 1. The smallest absolute Gasteiger partial charge is 0.306 e. The van der Waals surface area contributed by atoms with E-state index in [0.717, 1.165) is 31.6 Å². The van der Waals surface area contributed by atoms with Crippen LogP contribution in [0.3, 0.4) is 0 Å². The van der Waals surface area contributed by atoms with Gasteiger partial charge >= 0.3 is 5.97 Å². The monoisotopic (exact) mass is 336 g/mol. The number of ether oxygens (including phenoxy) is 1. The molecule has 0 radical (unpaired) electrons. The Morgan fingerprint density at radius 3 is 2.12 bits per heavy atom. The summed E-state index contributed by atoms with van der Waals surface area (Å²) in [6.45, 7) is 11.3. The van der Waals surface area contributed by atoms with Crippen LogP contribution in [0.4, 0.5) is 0 Å². The molecule has 0 aliphatic heterocycles. The molecule has 0 saturated heterocycles. The van der Waals surface area contributed by atoms with Gasteiger partial charge in [0.1, 0.15) is 6.61 Å². The second-order valence-corrected chi connectivity index (χ2v) is 7.61. The molecule has 0 aliphatic carbocycles. The third kappa shape index (κ3) is 17.3. The number of hydrogen-bond acceptors (Lipinski definition) is 2. The predicted octanol–water partition coefficient (Wildman–Crippen LogP) is 7.00. The van der Waals surface area contributed by atoms with Gasteiger partial charge < -0.3 is 4.74 Å². The van der Waals surface area contributed by atoms with Gasteiger partial charge in [0.15, 0.2) is 0 Å². The maximum atomic E-state index is 11.7. The summed E-state index contributed by atoms with van der Waals surface area (Å²) in [7, 11) is 0. The fraction of sp³-hybridized carbons (Fsp3) is 0.773. The van der Waals surface area contributed by atoms with Crippen molar-refractivity contribution in [3.8, 4) is 0 Å². The SMILES string of the molecule is CC(C)=CCC/C(C)=C\COC(=O)CCCCCCCCC(C)C. The quantitative estimate of drug-likeness (QED) is 0.194. The van der Waals surface area contributed by atoms with Crippen LogP contribution in [0.1, 0.15) is 98.8 Å². The molecule has 0 aliphatic rings. The van der Waals surface area contributed by atoms with Gasteiger partial charge in [0.25, 0.3) is 0 Å². The van der Waals surface area contributed by atoms with E-state index in [2.05, 4.69) is 40.7 Å². The number of hydrogen-bond donors (Lipinski definition) is 0. The maximum absolute atomic E-state index is 11.7. The van der Waals surface area contributed by atoms with Crippen molar-refractivity contribution in [1.82, 2.24) is 0 Å². The Balaban J connectivity index is 3.51. The molecule has 0 atom stereocenters. The first kappa shape index (κ1) is 22.9. The molecule has 0 spiro atoms. The van der Waals surface area contributed by atoms with Gasteiger partial charge in [-0.2, -0.15) is 0 Å². The van der Waals surface area contributed by atoms with Crippen molar-refractivity contribution in [3.63, 3.8) is 0 Å². The van der Waals surface area contributed by atoms with E-state index in [1.165, 1.54) is 43.3 Å². The summed E-state index contributed by atoms with van der Waals surface area (Å²) >= 11 is 0. The van der Waals surface area contributed by atoms with Gasteiger partial charge in [-0.05, 0) is 52.0 Å². The van der Waals surface area contributed by atoms with E-state index in [0.29, 0.717) is 13.0 Å². The first-order valence-corrected chi connectivity index (χ1v) is 9.86. The minimum absolute atomic E-state index is 0.0526. The first-order valence-electron chi connectivity index (χ1n) is 9.86. The van der Waals surface area contributed by atoms with Crippen LogP contribution in [0.25, 0.3) is 0 Å². The Kier molecular flexibility index (Phi) is 14.8. The first-order chi connectivity index (χ1) is 11.4. The Bertz CT molecular complexity index is 373. The van der Waals surface area contributed by atoms with Crippen LogP contribution in [-0.2, 0) is 9.53 Å². The van der Waals surface area contributed by atoms with Crippen LogP contribution in [0.15, 0.2) is 23.3 Å². The van der Waals surface area contributed by atoms with Gasteiger partial charge in [0.05, 0.1) is 0 Å². The molecule has 0 aromatic carbocycles. The number of carbonyl (C=O) groups excluding carboxylic acids is 1. The molecular weight excluding hydrogens is 296 g/mol. The summed E-state index contributed by atoms with van der Waals surface area (Å²) in [5, 5.41) is 0. The van der Waals surface area contributed by atoms with Crippen molar-refractivity contribution in [2.75, 3.05) is 6.61 Å². The minimum atomic E-state index is -0.0526. The lowest BCUT2D eigenvalue weighted by Crippen LogP contribution is -2.04. The van der Waals surface area contributed by atoms with Crippen LogP contribution >= 0.6 is 0 Å². The third-order valence-electron chi connectivity index (χ3n) is 4.18. The highest BCUT2D eigenvalue weighted by Gasteiger charge is 2.02. The topological polar surface area (TPSA) is 26.3 Å². The summed E-state index contributed by atoms with van der Waals surface area (Å²) in [4.78, 5) is 11.7. The van der Waals surface area contributed by atoms with Crippen molar-refractivity contribution in [1.29, 1.82) is 0 Å². The number of carbonyl (C=O) groups is 1. The minimum Gasteiger partial charge on any atom is -0.461 e. The van der Waals surface area contributed by atoms with Crippen molar-refractivity contribution >= 4 is 5.97 Å². The normalized spacial score (nSPS) is 11.7. The van der Waals surface area contributed by atoms with Gasteiger partial charge in [-0.1, -0.05) is 69.6 Å². The molecular formula is C22H40O2. The second-order valence-electron chi connectivity index (χ2n) is 7.61. The summed E-state index contributed by atoms with van der Waals surface area (Å²) in [5.74, 6) is 0.771. The summed E-state index contributed by atoms with van der Waals surface area (Å²) in [6.07, 6.45) is 15.6. The average Bonchev–Trinajstić information content (AvgIpc) is 2.49. The summed E-state index contributed by atoms with van der Waals surface area (Å²) < 4.78 is 5.28. The Hall–Kier alpha value is -1.05. The summed E-state index contributed by atoms with van der Waals surface area (Å²) in [5.41, 5.74) is 2.65. The van der Waals surface area contributed by atoms with Gasteiger partial charge in [-0.15, -0.1) is 0 Å². The molecule has 0 N–H and O–H groups in total. The molecule has 0 unspecified atom stereocenters. The fourth-order valence-corrected chi connectivity index (χ4v) is 2.57. The highest BCUT2D eigenvalue weighted by molar-refractivity contribution is 5.69. The standard InChI is InChI=1S/C22H40O2/c1-19(2)13-10-8-6-7-9-11-16-22(23)24-18-17-21(5)15-12-14-20(3)4/h14,17,19H,6-13,15-16,18H2,1-5H3/b21-17-. The fourth-order valence-electron chi connectivity index (χ4n) is 2.57. The van der Waals surface area contributed by atoms with Crippen LogP contribution in [0.5, 0.6) is 0 Å². The molecule has 0 saturated carbocycles. The van der Waals surface area contributed by atoms with E-state index in [4.69, 9.17) is 4.74 Å². The zero-order chi connectivity index (χ0) is 18.2. The molecule has 0 bridgehead atoms. The highest BCUT2D eigenvalue weighted by Crippen LogP contribution is 2.12. The van der Waals surface area contributed by atoms with Gasteiger partial charge in [-0.3, -0.25) is 4.79 Å². The highest BCUT2D eigenvalue weighted by atomic mass is 16.5. The second kappa shape index (κ2) is 15.5. The van der Waals surface area contributed by atoms with Gasteiger partial charge in [0.2, 0.25) is 0 Å². The number of unbranched alkanes of at least 4 members (excludes halogenated alkanes) is 5. The lowest BCUT2D eigenvalue weighted by molar-refractivity contribution is -0.142. The molecule has 0 aromatic rings.